The van der Waals surface area contributed by atoms with E-state index in [0.717, 1.165) is 11.3 Å². The van der Waals surface area contributed by atoms with E-state index in [1.54, 1.807) is 7.05 Å². The SMILES string of the molecule is CNC(=O)CCCOc1cccc([C@H](C)N)c1. The zero-order valence-electron chi connectivity index (χ0n) is 10.4. The molecule has 0 spiro atoms. The molecule has 0 fully saturated rings. The molecular formula is C13H20N2O2. The molecule has 1 atom stereocenters. The van der Waals surface area contributed by atoms with Crippen LogP contribution in [0.5, 0.6) is 5.75 Å². The highest BCUT2D eigenvalue weighted by atomic mass is 16.5. The predicted molar refractivity (Wildman–Crippen MR) is 67.8 cm³/mol. The zero-order valence-corrected chi connectivity index (χ0v) is 10.4. The normalized spacial score (nSPS) is 11.9. The molecule has 0 unspecified atom stereocenters. The van der Waals surface area contributed by atoms with E-state index in [2.05, 4.69) is 5.32 Å². The molecule has 0 aliphatic carbocycles. The highest BCUT2D eigenvalue weighted by molar-refractivity contribution is 5.75. The third kappa shape index (κ3) is 4.87. The quantitative estimate of drug-likeness (QED) is 0.737. The maximum atomic E-state index is 11.0. The van der Waals surface area contributed by atoms with Crippen LogP contribution in [0.25, 0.3) is 0 Å². The standard InChI is InChI=1S/C13H20N2O2/c1-10(14)11-5-3-6-12(9-11)17-8-4-7-13(16)15-2/h3,5-6,9-10H,4,7-8,14H2,1-2H3,(H,15,16)/t10-/m0/s1. The van der Waals surface area contributed by atoms with Crippen molar-refractivity contribution >= 4 is 5.91 Å². The summed E-state index contributed by atoms with van der Waals surface area (Å²) in [4.78, 5) is 11.0. The molecule has 0 radical (unpaired) electrons. The van der Waals surface area contributed by atoms with Crippen LogP contribution < -0.4 is 15.8 Å². The third-order valence-corrected chi connectivity index (χ3v) is 2.48. The van der Waals surface area contributed by atoms with Gasteiger partial charge in [0.2, 0.25) is 5.91 Å². The van der Waals surface area contributed by atoms with Crippen molar-refractivity contribution < 1.29 is 9.53 Å². The van der Waals surface area contributed by atoms with Crippen molar-refractivity contribution in [3.05, 3.63) is 29.8 Å². The lowest BCUT2D eigenvalue weighted by Gasteiger charge is -2.09. The fourth-order valence-corrected chi connectivity index (χ4v) is 1.44. The van der Waals surface area contributed by atoms with Crippen molar-refractivity contribution in [1.82, 2.24) is 5.32 Å². The molecule has 1 aromatic rings. The van der Waals surface area contributed by atoms with E-state index in [0.29, 0.717) is 19.4 Å². The van der Waals surface area contributed by atoms with Gasteiger partial charge in [0, 0.05) is 19.5 Å². The van der Waals surface area contributed by atoms with Crippen molar-refractivity contribution in [1.29, 1.82) is 0 Å². The van der Waals surface area contributed by atoms with Crippen LogP contribution in [0.2, 0.25) is 0 Å². The molecule has 1 aromatic carbocycles. The lowest BCUT2D eigenvalue weighted by atomic mass is 10.1. The summed E-state index contributed by atoms with van der Waals surface area (Å²) in [5, 5.41) is 2.58. The minimum Gasteiger partial charge on any atom is -0.494 e. The Hall–Kier alpha value is -1.55. The highest BCUT2D eigenvalue weighted by Gasteiger charge is 2.02. The third-order valence-electron chi connectivity index (χ3n) is 2.48. The summed E-state index contributed by atoms with van der Waals surface area (Å²) in [7, 11) is 1.63. The van der Waals surface area contributed by atoms with E-state index in [4.69, 9.17) is 10.5 Å². The number of ether oxygens (including phenoxy) is 1. The lowest BCUT2D eigenvalue weighted by Crippen LogP contribution is -2.18. The molecule has 3 N–H and O–H groups in total. The predicted octanol–water partition coefficient (Wildman–Crippen LogP) is 1.61. The minimum atomic E-state index is 0.00409. The summed E-state index contributed by atoms with van der Waals surface area (Å²) in [6.07, 6.45) is 1.20. The second-order valence-corrected chi connectivity index (χ2v) is 3.99. The van der Waals surface area contributed by atoms with Gasteiger partial charge in [-0.05, 0) is 31.0 Å². The van der Waals surface area contributed by atoms with Crippen molar-refractivity contribution in [2.75, 3.05) is 13.7 Å². The zero-order chi connectivity index (χ0) is 12.7. The molecule has 0 heterocycles. The van der Waals surface area contributed by atoms with E-state index in [1.807, 2.05) is 31.2 Å². The Kier molecular flexibility index (Phi) is 5.49. The monoisotopic (exact) mass is 236 g/mol. The van der Waals surface area contributed by atoms with Crippen LogP contribution in [0.3, 0.4) is 0 Å². The molecule has 1 rings (SSSR count). The first-order valence-corrected chi connectivity index (χ1v) is 5.82. The average Bonchev–Trinajstić information content (AvgIpc) is 2.34. The molecule has 4 heteroatoms. The van der Waals surface area contributed by atoms with Gasteiger partial charge in [-0.15, -0.1) is 0 Å². The number of carbonyl (C=O) groups excluding carboxylic acids is 1. The summed E-state index contributed by atoms with van der Waals surface area (Å²) in [5.74, 6) is 0.842. The first kappa shape index (κ1) is 13.5. The Labute approximate surface area is 102 Å². The maximum absolute atomic E-state index is 11.0. The van der Waals surface area contributed by atoms with Gasteiger partial charge in [-0.1, -0.05) is 12.1 Å². The van der Waals surface area contributed by atoms with E-state index in [9.17, 15) is 4.79 Å². The van der Waals surface area contributed by atoms with Gasteiger partial charge in [-0.2, -0.15) is 0 Å². The number of hydrogen-bond donors (Lipinski definition) is 2. The van der Waals surface area contributed by atoms with E-state index < -0.39 is 0 Å². The van der Waals surface area contributed by atoms with E-state index >= 15 is 0 Å². The first-order valence-electron chi connectivity index (χ1n) is 5.82. The molecule has 94 valence electrons. The van der Waals surface area contributed by atoms with Crippen LogP contribution >= 0.6 is 0 Å². The number of rotatable bonds is 6. The Morgan fingerprint density at radius 1 is 1.53 bits per heavy atom. The molecule has 0 aliphatic heterocycles. The van der Waals surface area contributed by atoms with Crippen molar-refractivity contribution in [2.45, 2.75) is 25.8 Å². The van der Waals surface area contributed by atoms with Gasteiger partial charge >= 0.3 is 0 Å². The van der Waals surface area contributed by atoms with Crippen molar-refractivity contribution in [3.63, 3.8) is 0 Å². The maximum Gasteiger partial charge on any atom is 0.219 e. The van der Waals surface area contributed by atoms with Gasteiger partial charge in [0.25, 0.3) is 0 Å². The number of amides is 1. The van der Waals surface area contributed by atoms with Gasteiger partial charge in [0.1, 0.15) is 5.75 Å². The van der Waals surface area contributed by atoms with Crippen LogP contribution in [0.4, 0.5) is 0 Å². The number of carbonyl (C=O) groups is 1. The Morgan fingerprint density at radius 3 is 2.94 bits per heavy atom. The van der Waals surface area contributed by atoms with Gasteiger partial charge in [-0.3, -0.25) is 4.79 Å². The van der Waals surface area contributed by atoms with Crippen molar-refractivity contribution in [3.8, 4) is 5.75 Å². The molecule has 0 bridgehead atoms. The summed E-state index contributed by atoms with van der Waals surface area (Å²) in [5.41, 5.74) is 6.84. The molecular weight excluding hydrogens is 216 g/mol. The van der Waals surface area contributed by atoms with Gasteiger partial charge in [-0.25, -0.2) is 0 Å². The molecule has 0 saturated carbocycles. The Morgan fingerprint density at radius 2 is 2.29 bits per heavy atom. The second kappa shape index (κ2) is 6.91. The average molecular weight is 236 g/mol. The summed E-state index contributed by atoms with van der Waals surface area (Å²) >= 11 is 0. The summed E-state index contributed by atoms with van der Waals surface area (Å²) in [6, 6.07) is 7.73. The summed E-state index contributed by atoms with van der Waals surface area (Å²) in [6.45, 7) is 2.47. The van der Waals surface area contributed by atoms with E-state index in [1.165, 1.54) is 0 Å². The Bertz CT molecular complexity index is 364. The lowest BCUT2D eigenvalue weighted by molar-refractivity contribution is -0.120. The largest absolute Gasteiger partial charge is 0.494 e. The molecule has 4 nitrogen and oxygen atoms in total. The first-order chi connectivity index (χ1) is 8.13. The molecule has 0 aliphatic rings. The fraction of sp³-hybridized carbons (Fsp3) is 0.462. The van der Waals surface area contributed by atoms with Gasteiger partial charge in [0.15, 0.2) is 0 Å². The van der Waals surface area contributed by atoms with Gasteiger partial charge < -0.3 is 15.8 Å². The van der Waals surface area contributed by atoms with Crippen LogP contribution in [0, 0.1) is 0 Å². The fourth-order valence-electron chi connectivity index (χ4n) is 1.44. The minimum absolute atomic E-state index is 0.00409. The molecule has 0 aromatic heterocycles. The smallest absolute Gasteiger partial charge is 0.219 e. The number of nitrogens with one attached hydrogen (secondary N) is 1. The number of benzene rings is 1. The Balaban J connectivity index is 2.36. The van der Waals surface area contributed by atoms with Crippen LogP contribution in [0.15, 0.2) is 24.3 Å². The molecule has 17 heavy (non-hydrogen) atoms. The van der Waals surface area contributed by atoms with Crippen LogP contribution in [0.1, 0.15) is 31.4 Å². The van der Waals surface area contributed by atoms with E-state index in [-0.39, 0.29) is 11.9 Å². The topological polar surface area (TPSA) is 64.3 Å². The molecule has 1 amide bonds. The highest BCUT2D eigenvalue weighted by Crippen LogP contribution is 2.17. The molecule has 0 saturated heterocycles. The number of hydrogen-bond acceptors (Lipinski definition) is 3. The van der Waals surface area contributed by atoms with Gasteiger partial charge in [0.05, 0.1) is 6.61 Å². The van der Waals surface area contributed by atoms with Crippen molar-refractivity contribution in [2.24, 2.45) is 5.73 Å². The van der Waals surface area contributed by atoms with Crippen LogP contribution in [-0.4, -0.2) is 19.6 Å². The summed E-state index contributed by atoms with van der Waals surface area (Å²) < 4.78 is 5.56. The van der Waals surface area contributed by atoms with Crippen LogP contribution in [-0.2, 0) is 4.79 Å². The number of nitrogens with two attached hydrogens (primary N) is 1. The second-order valence-electron chi connectivity index (χ2n) is 3.99.